The van der Waals surface area contributed by atoms with Crippen LogP contribution in [0.3, 0.4) is 0 Å². The van der Waals surface area contributed by atoms with Crippen LogP contribution in [-0.2, 0) is 66.4 Å². The average molecular weight is 831 g/mol. The summed E-state index contributed by atoms with van der Waals surface area (Å²) in [7, 11) is 0. The Morgan fingerprint density at radius 2 is 0.538 bits per heavy atom. The second kappa shape index (κ2) is 32.6. The number of pyridine rings is 4. The monoisotopic (exact) mass is 830 g/mol. The molecule has 0 unspecified atom stereocenters. The van der Waals surface area contributed by atoms with Gasteiger partial charge in [0.2, 0.25) is 0 Å². The number of rotatable bonds is 6. The molecular weight excluding hydrogens is 790 g/mol. The zero-order valence-electron chi connectivity index (χ0n) is 26.6. The number of aromatic nitrogens is 4. The maximum atomic E-state index is 10.6. The summed E-state index contributed by atoms with van der Waals surface area (Å²) >= 11 is 0. The van der Waals surface area contributed by atoms with E-state index in [9.17, 15) is 39.6 Å². The molecule has 0 aliphatic heterocycles. The standard InChI is InChI=1S/2C10H8N2.C10H6O8.2Co.8H2O/c2*1-3-7-11-9(5-1)10-6-2-4-8-12-10;11-7(12)3-1-4(8(13)14)6(10(17)18)2-5(3)9(15)16;;;;;;;;;;/h2*1-8H;1-2H,(H,11,12)(H,13,14)(H,15,16)(H,17,18);;;8*1H2/q;;;2*+2;;;;;;;;/p+2. The second-order valence-electron chi connectivity index (χ2n) is 7.95. The Labute approximate surface area is 314 Å². The minimum Gasteiger partial charge on any atom is -0.545 e. The number of carboxylic acid groups (broad SMARTS) is 4. The number of benzene rings is 1. The van der Waals surface area contributed by atoms with Gasteiger partial charge in [-0.1, -0.05) is 24.3 Å². The van der Waals surface area contributed by atoms with Crippen molar-refractivity contribution < 1.29 is 117 Å². The summed E-state index contributed by atoms with van der Waals surface area (Å²) in [6.45, 7) is 0. The molecule has 0 saturated heterocycles. The van der Waals surface area contributed by atoms with Gasteiger partial charge in [-0.25, -0.2) is 0 Å². The van der Waals surface area contributed by atoms with E-state index in [1.165, 1.54) is 0 Å². The molecule has 0 fully saturated rings. The molecule has 0 atom stereocenters. The molecule has 4 aromatic heterocycles. The minimum atomic E-state index is -2.00. The Morgan fingerprint density at radius 1 is 0.365 bits per heavy atom. The molecule has 0 aliphatic rings. The van der Waals surface area contributed by atoms with E-state index in [0.29, 0.717) is 12.1 Å². The maximum Gasteiger partial charge on any atom is 2.00 e. The van der Waals surface area contributed by atoms with Gasteiger partial charge in [0.25, 0.3) is 0 Å². The van der Waals surface area contributed by atoms with Crippen molar-refractivity contribution in [2.45, 2.75) is 0 Å². The fraction of sp³-hybridized carbons (Fsp3) is 0. The van der Waals surface area contributed by atoms with E-state index in [-0.39, 0.29) is 77.4 Å². The number of hydrogen-bond donors (Lipinski definition) is 0. The van der Waals surface area contributed by atoms with Gasteiger partial charge < -0.3 is 83.4 Å². The first-order valence-corrected chi connectivity index (χ1v) is 11.9. The van der Waals surface area contributed by atoms with Crippen LogP contribution in [0.5, 0.6) is 0 Å². The van der Waals surface area contributed by atoms with Gasteiger partial charge in [0.1, 0.15) is 0 Å². The number of hydrogen-bond acceptors (Lipinski definition) is 12. The first-order valence-electron chi connectivity index (χ1n) is 11.9. The summed E-state index contributed by atoms with van der Waals surface area (Å²) in [5.74, 6) is -7.99. The third-order valence-electron chi connectivity index (χ3n) is 5.22. The third-order valence-corrected chi connectivity index (χ3v) is 5.22. The van der Waals surface area contributed by atoms with Crippen molar-refractivity contribution in [1.29, 1.82) is 0 Å². The van der Waals surface area contributed by atoms with Gasteiger partial charge >= 0.3 is 33.6 Å². The molecule has 5 rings (SSSR count). The molecule has 0 amide bonds. The van der Waals surface area contributed by atoms with E-state index >= 15 is 0 Å². The largest absolute Gasteiger partial charge is 2.00 e. The molecular formula is C30H40Co2N4O16+6. The first-order chi connectivity index (χ1) is 20.2. The molecule has 0 bridgehead atoms. The summed E-state index contributed by atoms with van der Waals surface area (Å²) in [4.78, 5) is 59.2. The summed E-state index contributed by atoms with van der Waals surface area (Å²) in [6.07, 6.45) is 7.07. The molecule has 52 heavy (non-hydrogen) atoms. The average Bonchev–Trinajstić information content (AvgIpc) is 3.02. The van der Waals surface area contributed by atoms with Crippen LogP contribution in [0.4, 0.5) is 0 Å². The van der Waals surface area contributed by atoms with Crippen LogP contribution < -0.4 is 20.4 Å². The van der Waals surface area contributed by atoms with E-state index < -0.39 is 46.1 Å². The van der Waals surface area contributed by atoms with Crippen molar-refractivity contribution in [3.05, 3.63) is 132 Å². The summed E-state index contributed by atoms with van der Waals surface area (Å²) in [6, 6.07) is 23.8. The zero-order chi connectivity index (χ0) is 30.5. The van der Waals surface area contributed by atoms with Gasteiger partial charge in [-0.05, 0) is 60.7 Å². The van der Waals surface area contributed by atoms with E-state index in [0.717, 1.165) is 22.8 Å². The molecule has 0 aliphatic carbocycles. The third kappa shape index (κ3) is 19.0. The molecule has 5 aromatic rings. The van der Waals surface area contributed by atoms with Crippen molar-refractivity contribution in [1.82, 2.24) is 19.9 Å². The summed E-state index contributed by atoms with van der Waals surface area (Å²) < 4.78 is 0. The fourth-order valence-electron chi connectivity index (χ4n) is 3.33. The SMILES string of the molecule is O.O.O=C([O-])c1cc(C(=O)[O-])c(C(=O)[O-])cc1C(=O)[O-].[Co+2].[Co+2].[OH3+].[OH3+].[OH3+].[OH3+].[OH3+].[OH3+].c1ccc(-c2ccccn2)nc1.c1ccc(-c2ccccn2)nc1. The first kappa shape index (κ1) is 64.9. The minimum absolute atomic E-state index is 0. The number of carboxylic acids is 4. The van der Waals surface area contributed by atoms with Crippen LogP contribution in [0.2, 0.25) is 0 Å². The maximum absolute atomic E-state index is 10.6. The molecule has 4 heterocycles. The second-order valence-corrected chi connectivity index (χ2v) is 7.95. The van der Waals surface area contributed by atoms with E-state index in [1.807, 2.05) is 72.8 Å². The van der Waals surface area contributed by atoms with Crippen molar-refractivity contribution in [2.75, 3.05) is 0 Å². The molecule has 20 nitrogen and oxygen atoms in total. The van der Waals surface area contributed by atoms with Crippen LogP contribution >= 0.6 is 0 Å². The van der Waals surface area contributed by atoms with Crippen molar-refractivity contribution in [2.24, 2.45) is 0 Å². The Hall–Kier alpha value is -5.61. The summed E-state index contributed by atoms with van der Waals surface area (Å²) in [5, 5.41) is 42.4. The van der Waals surface area contributed by atoms with Crippen LogP contribution in [0.25, 0.3) is 22.8 Å². The number of nitrogens with zero attached hydrogens (tertiary/aromatic N) is 4. The predicted molar refractivity (Wildman–Crippen MR) is 175 cm³/mol. The Bertz CT molecular complexity index is 1450. The van der Waals surface area contributed by atoms with Gasteiger partial charge in [0.15, 0.2) is 0 Å². The molecule has 0 spiro atoms. The predicted octanol–water partition coefficient (Wildman–Crippen LogP) is -7.76. The van der Waals surface area contributed by atoms with Crippen molar-refractivity contribution in [3.8, 4) is 22.8 Å². The van der Waals surface area contributed by atoms with Gasteiger partial charge in [0.05, 0.1) is 46.7 Å². The Morgan fingerprint density at radius 3 is 0.654 bits per heavy atom. The molecule has 288 valence electrons. The number of carbonyl (C=O) groups is 4. The van der Waals surface area contributed by atoms with Crippen LogP contribution in [0, 0.1) is 0 Å². The van der Waals surface area contributed by atoms with E-state index in [1.54, 1.807) is 24.8 Å². The summed E-state index contributed by atoms with van der Waals surface area (Å²) in [5.41, 5.74) is -0.454. The van der Waals surface area contributed by atoms with Gasteiger partial charge in [-0.15, -0.1) is 0 Å². The molecule has 1 aromatic carbocycles. The van der Waals surface area contributed by atoms with Gasteiger partial charge in [-0.3, -0.25) is 19.9 Å². The molecule has 0 saturated carbocycles. The molecule has 22 N–H and O–H groups in total. The van der Waals surface area contributed by atoms with Crippen LogP contribution in [0.15, 0.2) is 110 Å². The van der Waals surface area contributed by atoms with Crippen LogP contribution in [0.1, 0.15) is 41.4 Å². The molecule has 2 radical (unpaired) electrons. The normalized spacial score (nSPS) is 7.85. The smallest absolute Gasteiger partial charge is 0.545 e. The Kier molecular flexibility index (Phi) is 40.6. The van der Waals surface area contributed by atoms with E-state index in [2.05, 4.69) is 19.9 Å². The Balaban J connectivity index is -0.0000000865. The van der Waals surface area contributed by atoms with Crippen molar-refractivity contribution >= 4 is 23.9 Å². The van der Waals surface area contributed by atoms with Crippen LogP contribution in [-0.4, -0.2) is 54.8 Å². The van der Waals surface area contributed by atoms with Gasteiger partial charge in [0, 0.05) is 47.0 Å². The van der Waals surface area contributed by atoms with Crippen molar-refractivity contribution in [3.63, 3.8) is 0 Å². The fourth-order valence-corrected chi connectivity index (χ4v) is 3.33. The van der Waals surface area contributed by atoms with E-state index in [4.69, 9.17) is 0 Å². The topological polar surface area (TPSA) is 473 Å². The number of carbonyl (C=O) groups excluding carboxylic acids is 4. The van der Waals surface area contributed by atoms with Gasteiger partial charge in [-0.2, -0.15) is 0 Å². The zero-order valence-corrected chi connectivity index (χ0v) is 28.7. The molecule has 22 heteroatoms. The number of aromatic carboxylic acids is 4. The quantitative estimate of drug-likeness (QED) is 0.144.